The van der Waals surface area contributed by atoms with Gasteiger partial charge in [-0.25, -0.2) is 9.18 Å². The highest BCUT2D eigenvalue weighted by Gasteiger charge is 2.37. The summed E-state index contributed by atoms with van der Waals surface area (Å²) >= 11 is 0. The van der Waals surface area contributed by atoms with Crippen LogP contribution in [0.2, 0.25) is 0 Å². The predicted molar refractivity (Wildman–Crippen MR) is 147 cm³/mol. The molecule has 0 unspecified atom stereocenters. The van der Waals surface area contributed by atoms with Crippen LogP contribution in [0.3, 0.4) is 0 Å². The number of nitrogens with zero attached hydrogens (tertiary/aromatic N) is 4. The van der Waals surface area contributed by atoms with Crippen molar-refractivity contribution in [3.63, 3.8) is 0 Å². The van der Waals surface area contributed by atoms with Crippen molar-refractivity contribution in [2.45, 2.75) is 51.1 Å². The van der Waals surface area contributed by atoms with Crippen molar-refractivity contribution in [2.75, 3.05) is 49.5 Å². The van der Waals surface area contributed by atoms with E-state index in [2.05, 4.69) is 20.8 Å². The van der Waals surface area contributed by atoms with Crippen LogP contribution >= 0.6 is 0 Å². The van der Waals surface area contributed by atoms with E-state index in [1.807, 2.05) is 4.90 Å². The molecule has 1 aromatic carbocycles. The molecule has 9 nitrogen and oxygen atoms in total. The molecule has 3 amide bonds. The molecule has 3 fully saturated rings. The van der Waals surface area contributed by atoms with Gasteiger partial charge in [-0.2, -0.15) is 13.2 Å². The van der Waals surface area contributed by atoms with E-state index < -0.39 is 29.0 Å². The van der Waals surface area contributed by atoms with Crippen LogP contribution in [0.5, 0.6) is 0 Å². The number of nitrogens with one attached hydrogen (secondary N) is 2. The first-order valence-electron chi connectivity index (χ1n) is 14.1. The average molecular weight is 580 g/mol. The van der Waals surface area contributed by atoms with Gasteiger partial charge in [-0.05, 0) is 68.0 Å². The van der Waals surface area contributed by atoms with Crippen molar-refractivity contribution < 1.29 is 27.2 Å². The van der Waals surface area contributed by atoms with Crippen LogP contribution < -0.4 is 21.3 Å². The normalized spacial score (nSPS) is 17.0. The van der Waals surface area contributed by atoms with Crippen molar-refractivity contribution in [1.29, 1.82) is 0 Å². The van der Waals surface area contributed by atoms with Gasteiger partial charge < -0.3 is 20.9 Å². The van der Waals surface area contributed by atoms with Crippen LogP contribution in [-0.4, -0.2) is 66.3 Å². The number of hydrogen-bond donors (Lipinski definition) is 3. The number of aromatic nitrogens is 2. The molecule has 13 heteroatoms. The van der Waals surface area contributed by atoms with E-state index >= 15 is 0 Å². The number of carbonyl (C=O) groups excluding carboxylic acids is 2. The molecular weight excluding hydrogens is 542 g/mol. The number of rotatable bonds is 9. The van der Waals surface area contributed by atoms with E-state index in [0.29, 0.717) is 43.7 Å². The van der Waals surface area contributed by atoms with E-state index in [-0.39, 0.29) is 24.9 Å². The number of hydrogen-bond acceptors (Lipinski definition) is 6. The Morgan fingerprint density at radius 2 is 1.63 bits per heavy atom. The van der Waals surface area contributed by atoms with Crippen LogP contribution in [0, 0.1) is 17.7 Å². The van der Waals surface area contributed by atoms with E-state index in [4.69, 9.17) is 5.73 Å². The molecule has 2 aliphatic carbocycles. The van der Waals surface area contributed by atoms with Crippen molar-refractivity contribution in [3.05, 3.63) is 47.3 Å². The van der Waals surface area contributed by atoms with Gasteiger partial charge in [0.2, 0.25) is 0 Å². The van der Waals surface area contributed by atoms with Crippen LogP contribution in [0.25, 0.3) is 0 Å². The second-order valence-electron chi connectivity index (χ2n) is 10.7. The number of piperazine rings is 1. The lowest BCUT2D eigenvalue weighted by Crippen LogP contribution is -2.49. The van der Waals surface area contributed by atoms with Crippen LogP contribution in [-0.2, 0) is 6.18 Å². The third-order valence-corrected chi connectivity index (χ3v) is 7.35. The number of amides is 3. The number of halogens is 4. The van der Waals surface area contributed by atoms with Gasteiger partial charge in [-0.3, -0.25) is 10.1 Å². The summed E-state index contributed by atoms with van der Waals surface area (Å²) in [6, 6.07) is 4.80. The highest BCUT2D eigenvalue weighted by atomic mass is 19.4. The largest absolute Gasteiger partial charge is 0.417 e. The number of urea groups is 1. The SMILES string of the molecule is NCCCC1CC1.O=C(NCCC1CC1)Nc1ccc(N2CCN(C(=O)c3cc(F)ccc3C(F)(F)F)CC2)nn1. The second-order valence-corrected chi connectivity index (χ2v) is 10.7. The molecule has 224 valence electrons. The summed E-state index contributed by atoms with van der Waals surface area (Å²) in [5.74, 6) is 0.806. The molecule has 4 N–H and O–H groups in total. The summed E-state index contributed by atoms with van der Waals surface area (Å²) in [4.78, 5) is 27.7. The minimum Gasteiger partial charge on any atom is -0.352 e. The zero-order chi connectivity index (χ0) is 29.4. The summed E-state index contributed by atoms with van der Waals surface area (Å²) in [6.07, 6.45) is 4.21. The number of benzene rings is 1. The highest BCUT2D eigenvalue weighted by Crippen LogP contribution is 2.34. The molecule has 0 radical (unpaired) electrons. The fourth-order valence-electron chi connectivity index (χ4n) is 4.58. The Morgan fingerprint density at radius 3 is 2.22 bits per heavy atom. The van der Waals surface area contributed by atoms with Crippen molar-refractivity contribution >= 4 is 23.6 Å². The monoisotopic (exact) mass is 579 g/mol. The molecule has 2 saturated carbocycles. The Labute approximate surface area is 236 Å². The molecular formula is C28H37F4N7O2. The first-order chi connectivity index (χ1) is 19.6. The lowest BCUT2D eigenvalue weighted by molar-refractivity contribution is -0.138. The maximum absolute atomic E-state index is 13.6. The zero-order valence-corrected chi connectivity index (χ0v) is 22.9. The maximum Gasteiger partial charge on any atom is 0.417 e. The summed E-state index contributed by atoms with van der Waals surface area (Å²) in [7, 11) is 0. The topological polar surface area (TPSA) is 116 Å². The molecule has 1 saturated heterocycles. The zero-order valence-electron chi connectivity index (χ0n) is 22.9. The molecule has 1 aliphatic heterocycles. The Morgan fingerprint density at radius 1 is 0.951 bits per heavy atom. The van der Waals surface area contributed by atoms with Gasteiger partial charge in [0.25, 0.3) is 5.91 Å². The number of anilines is 2. The Bertz CT molecular complexity index is 1160. The first-order valence-corrected chi connectivity index (χ1v) is 14.1. The van der Waals surface area contributed by atoms with Crippen molar-refractivity contribution in [3.8, 4) is 0 Å². The highest BCUT2D eigenvalue weighted by molar-refractivity contribution is 5.96. The van der Waals surface area contributed by atoms with Crippen molar-refractivity contribution in [2.24, 2.45) is 17.6 Å². The van der Waals surface area contributed by atoms with E-state index in [9.17, 15) is 27.2 Å². The van der Waals surface area contributed by atoms with E-state index in [1.165, 1.54) is 43.4 Å². The molecule has 1 aromatic heterocycles. The lowest BCUT2D eigenvalue weighted by atomic mass is 10.0. The summed E-state index contributed by atoms with van der Waals surface area (Å²) in [5, 5.41) is 13.5. The third-order valence-electron chi connectivity index (χ3n) is 7.35. The minimum absolute atomic E-state index is 0.137. The van der Waals surface area contributed by atoms with Crippen LogP contribution in [0.4, 0.5) is 34.0 Å². The Hall–Kier alpha value is -3.48. The standard InChI is InChI=1S/C22H24F4N6O2.C6H13N/c23-15-3-4-17(22(24,25)26)16(13-15)20(33)32-11-9-31(10-12-32)19-6-5-18(29-30-19)28-21(34)27-8-7-14-1-2-14;7-5-1-2-6-3-4-6/h3-6,13-14H,1-2,7-12H2,(H2,27,28,29,34);6H,1-5,7H2. The fourth-order valence-corrected chi connectivity index (χ4v) is 4.58. The minimum atomic E-state index is -4.76. The molecule has 5 rings (SSSR count). The quantitative estimate of drug-likeness (QED) is 0.373. The molecule has 0 atom stereocenters. The molecule has 2 heterocycles. The van der Waals surface area contributed by atoms with E-state index in [0.717, 1.165) is 24.8 Å². The van der Waals surface area contributed by atoms with Crippen molar-refractivity contribution in [1.82, 2.24) is 20.4 Å². The first kappa shape index (κ1) is 30.5. The van der Waals surface area contributed by atoms with Gasteiger partial charge >= 0.3 is 12.2 Å². The van der Waals surface area contributed by atoms with E-state index in [1.54, 1.807) is 12.1 Å². The fraction of sp³-hybridized carbons (Fsp3) is 0.571. The average Bonchev–Trinajstić information content (AvgIpc) is 3.88. The molecule has 0 bridgehead atoms. The number of nitrogens with two attached hydrogens (primary N) is 1. The third kappa shape index (κ3) is 9.55. The Kier molecular flexibility index (Phi) is 10.4. The summed E-state index contributed by atoms with van der Waals surface area (Å²) in [5.41, 5.74) is 3.44. The Balaban J connectivity index is 0.000000483. The molecule has 41 heavy (non-hydrogen) atoms. The molecule has 2 aromatic rings. The predicted octanol–water partition coefficient (Wildman–Crippen LogP) is 4.65. The van der Waals surface area contributed by atoms with Gasteiger partial charge in [-0.1, -0.05) is 25.7 Å². The van der Waals surface area contributed by atoms with Gasteiger partial charge in [0, 0.05) is 32.7 Å². The molecule has 0 spiro atoms. The van der Waals surface area contributed by atoms with Gasteiger partial charge in [0.15, 0.2) is 11.6 Å². The van der Waals surface area contributed by atoms with Gasteiger partial charge in [-0.15, -0.1) is 10.2 Å². The summed E-state index contributed by atoms with van der Waals surface area (Å²) < 4.78 is 53.3. The van der Waals surface area contributed by atoms with Crippen LogP contribution in [0.15, 0.2) is 30.3 Å². The number of carbonyl (C=O) groups is 2. The summed E-state index contributed by atoms with van der Waals surface area (Å²) in [6.45, 7) is 2.38. The van der Waals surface area contributed by atoms with Crippen LogP contribution in [0.1, 0.15) is 60.9 Å². The smallest absolute Gasteiger partial charge is 0.352 e. The second kappa shape index (κ2) is 13.9. The maximum atomic E-state index is 13.6. The van der Waals surface area contributed by atoms with Gasteiger partial charge in [0.1, 0.15) is 5.82 Å². The lowest BCUT2D eigenvalue weighted by Gasteiger charge is -2.35. The molecule has 3 aliphatic rings. The number of alkyl halides is 3. The van der Waals surface area contributed by atoms with Gasteiger partial charge in [0.05, 0.1) is 11.1 Å².